The summed E-state index contributed by atoms with van der Waals surface area (Å²) in [5.74, 6) is 1.54. The van der Waals surface area contributed by atoms with Crippen molar-refractivity contribution in [2.75, 3.05) is 38.2 Å². The maximum Gasteiger partial charge on any atom is 0.240 e. The third-order valence-corrected chi connectivity index (χ3v) is 7.01. The van der Waals surface area contributed by atoms with E-state index in [4.69, 9.17) is 9.72 Å². The van der Waals surface area contributed by atoms with E-state index in [1.54, 1.807) is 6.20 Å². The topological polar surface area (TPSA) is 79.4 Å². The average Bonchev–Trinajstić information content (AvgIpc) is 3.17. The van der Waals surface area contributed by atoms with Crippen LogP contribution in [-0.4, -0.2) is 65.2 Å². The molecule has 0 aliphatic carbocycles. The molecule has 7 nitrogen and oxygen atoms in total. The molecule has 3 saturated heterocycles. The summed E-state index contributed by atoms with van der Waals surface area (Å²) in [7, 11) is 0. The molecule has 0 radical (unpaired) electrons. The van der Waals surface area contributed by atoms with Crippen molar-refractivity contribution >= 4 is 22.8 Å². The van der Waals surface area contributed by atoms with Gasteiger partial charge >= 0.3 is 0 Å². The molecule has 2 atom stereocenters. The van der Waals surface area contributed by atoms with Crippen LogP contribution in [0.3, 0.4) is 0 Å². The standard InChI is InChI=1S/C23H31N5O2/c29-22(25-14-17-7-11-30-12-8-17)23-9-3-4-10-28(23)16-18(13-23)26-21-15-24-19-5-1-2-6-20(19)27-21/h1-2,5-6,15,17-18H,3-4,7-14,16H2,(H,25,29)(H,26,27)/t18-,23+/m0/s1. The number of rotatable bonds is 5. The van der Waals surface area contributed by atoms with E-state index in [0.717, 1.165) is 88.2 Å². The highest BCUT2D eigenvalue weighted by Crippen LogP contribution is 2.39. The molecule has 160 valence electrons. The molecular weight excluding hydrogens is 378 g/mol. The van der Waals surface area contributed by atoms with E-state index in [1.807, 2.05) is 24.3 Å². The second-order valence-electron chi connectivity index (χ2n) is 8.99. The van der Waals surface area contributed by atoms with Crippen molar-refractivity contribution < 1.29 is 9.53 Å². The predicted octanol–water partition coefficient (Wildman–Crippen LogP) is 2.58. The summed E-state index contributed by atoms with van der Waals surface area (Å²) in [5, 5.41) is 6.86. The first-order valence-electron chi connectivity index (χ1n) is 11.3. The van der Waals surface area contributed by atoms with Crippen molar-refractivity contribution in [2.24, 2.45) is 5.92 Å². The zero-order chi connectivity index (χ0) is 20.4. The number of hydrogen-bond donors (Lipinski definition) is 2. The summed E-state index contributed by atoms with van der Waals surface area (Å²) in [4.78, 5) is 25.0. The number of benzene rings is 1. The van der Waals surface area contributed by atoms with Gasteiger partial charge in [0, 0.05) is 32.3 Å². The smallest absolute Gasteiger partial charge is 0.240 e. The van der Waals surface area contributed by atoms with Crippen LogP contribution in [0, 0.1) is 5.92 Å². The fourth-order valence-corrected chi connectivity index (χ4v) is 5.36. The Morgan fingerprint density at radius 1 is 1.20 bits per heavy atom. The highest BCUT2D eigenvalue weighted by atomic mass is 16.5. The molecule has 0 bridgehead atoms. The van der Waals surface area contributed by atoms with Gasteiger partial charge in [0.1, 0.15) is 11.4 Å². The van der Waals surface area contributed by atoms with E-state index in [0.29, 0.717) is 5.92 Å². The molecule has 4 heterocycles. The van der Waals surface area contributed by atoms with E-state index in [1.165, 1.54) is 0 Å². The van der Waals surface area contributed by atoms with E-state index in [9.17, 15) is 4.79 Å². The van der Waals surface area contributed by atoms with E-state index >= 15 is 0 Å². The zero-order valence-electron chi connectivity index (χ0n) is 17.5. The van der Waals surface area contributed by atoms with Crippen molar-refractivity contribution in [3.05, 3.63) is 30.5 Å². The summed E-state index contributed by atoms with van der Waals surface area (Å²) in [6.07, 6.45) is 7.93. The van der Waals surface area contributed by atoms with E-state index < -0.39 is 0 Å². The first kappa shape index (κ1) is 19.7. The summed E-state index contributed by atoms with van der Waals surface area (Å²) >= 11 is 0. The second kappa shape index (κ2) is 8.47. The SMILES string of the molecule is O=C(NCC1CCOCC1)[C@]12CCCCN1C[C@@H](Nc1cnc3ccccc3n1)C2. The number of amides is 1. The minimum atomic E-state index is -0.384. The van der Waals surface area contributed by atoms with Gasteiger partial charge in [-0.25, -0.2) is 4.98 Å². The van der Waals surface area contributed by atoms with Gasteiger partial charge in [-0.1, -0.05) is 12.1 Å². The summed E-state index contributed by atoms with van der Waals surface area (Å²) in [5.41, 5.74) is 1.41. The Balaban J connectivity index is 1.27. The fraction of sp³-hybridized carbons (Fsp3) is 0.609. The molecular formula is C23H31N5O2. The molecule has 5 rings (SSSR count). The number of hydrogen-bond acceptors (Lipinski definition) is 6. The van der Waals surface area contributed by atoms with Gasteiger partial charge in [-0.15, -0.1) is 0 Å². The third kappa shape index (κ3) is 3.88. The number of piperidine rings is 1. The van der Waals surface area contributed by atoms with Crippen LogP contribution < -0.4 is 10.6 Å². The molecule has 3 aliphatic rings. The lowest BCUT2D eigenvalue weighted by Crippen LogP contribution is -2.58. The Bertz CT molecular complexity index is 900. The molecule has 3 fully saturated rings. The Labute approximate surface area is 177 Å². The summed E-state index contributed by atoms with van der Waals surface area (Å²) < 4.78 is 5.45. The van der Waals surface area contributed by atoms with Gasteiger partial charge in [-0.3, -0.25) is 14.7 Å². The molecule has 1 amide bonds. The molecule has 2 aromatic rings. The number of ether oxygens (including phenoxy) is 1. The number of para-hydroxylation sites is 2. The largest absolute Gasteiger partial charge is 0.381 e. The van der Waals surface area contributed by atoms with Crippen molar-refractivity contribution in [3.8, 4) is 0 Å². The molecule has 0 spiro atoms. The Morgan fingerprint density at radius 3 is 2.90 bits per heavy atom. The molecule has 2 N–H and O–H groups in total. The summed E-state index contributed by atoms with van der Waals surface area (Å²) in [6, 6.07) is 8.11. The number of aromatic nitrogens is 2. The molecule has 3 aliphatic heterocycles. The van der Waals surface area contributed by atoms with Crippen LogP contribution in [-0.2, 0) is 9.53 Å². The van der Waals surface area contributed by atoms with Gasteiger partial charge < -0.3 is 15.4 Å². The molecule has 1 aromatic heterocycles. The highest BCUT2D eigenvalue weighted by Gasteiger charge is 2.51. The lowest BCUT2D eigenvalue weighted by molar-refractivity contribution is -0.134. The average molecular weight is 410 g/mol. The zero-order valence-corrected chi connectivity index (χ0v) is 17.5. The lowest BCUT2D eigenvalue weighted by Gasteiger charge is -2.41. The second-order valence-corrected chi connectivity index (χ2v) is 8.99. The summed E-state index contributed by atoms with van der Waals surface area (Å²) in [6.45, 7) is 4.27. The Morgan fingerprint density at radius 2 is 2.03 bits per heavy atom. The Hall–Kier alpha value is -2.25. The Kier molecular flexibility index (Phi) is 5.56. The highest BCUT2D eigenvalue weighted by molar-refractivity contribution is 5.87. The van der Waals surface area contributed by atoms with Crippen LogP contribution >= 0.6 is 0 Å². The fourth-order valence-electron chi connectivity index (χ4n) is 5.36. The molecule has 1 aromatic carbocycles. The first-order valence-corrected chi connectivity index (χ1v) is 11.3. The quantitative estimate of drug-likeness (QED) is 0.790. The van der Waals surface area contributed by atoms with Crippen LogP contribution in [0.2, 0.25) is 0 Å². The van der Waals surface area contributed by atoms with Gasteiger partial charge in [0.15, 0.2) is 0 Å². The van der Waals surface area contributed by atoms with Crippen LogP contribution in [0.1, 0.15) is 38.5 Å². The number of nitrogens with one attached hydrogen (secondary N) is 2. The normalized spacial score (nSPS) is 27.7. The van der Waals surface area contributed by atoms with E-state index in [-0.39, 0.29) is 17.5 Å². The van der Waals surface area contributed by atoms with Gasteiger partial charge in [0.2, 0.25) is 5.91 Å². The van der Waals surface area contributed by atoms with Crippen molar-refractivity contribution in [2.45, 2.75) is 50.1 Å². The van der Waals surface area contributed by atoms with Gasteiger partial charge in [-0.05, 0) is 63.1 Å². The van der Waals surface area contributed by atoms with Gasteiger partial charge in [0.25, 0.3) is 0 Å². The van der Waals surface area contributed by atoms with Crippen molar-refractivity contribution in [1.29, 1.82) is 0 Å². The number of carbonyl (C=O) groups is 1. The molecule has 0 unspecified atom stereocenters. The van der Waals surface area contributed by atoms with Gasteiger partial charge in [-0.2, -0.15) is 0 Å². The first-order chi connectivity index (χ1) is 14.7. The minimum absolute atomic E-state index is 0.201. The van der Waals surface area contributed by atoms with E-state index in [2.05, 4.69) is 20.5 Å². The lowest BCUT2D eigenvalue weighted by atomic mass is 9.84. The molecule has 0 saturated carbocycles. The molecule has 30 heavy (non-hydrogen) atoms. The van der Waals surface area contributed by atoms with Crippen LogP contribution in [0.15, 0.2) is 30.5 Å². The van der Waals surface area contributed by atoms with Crippen LogP contribution in [0.25, 0.3) is 11.0 Å². The minimum Gasteiger partial charge on any atom is -0.381 e. The van der Waals surface area contributed by atoms with Crippen molar-refractivity contribution in [1.82, 2.24) is 20.2 Å². The monoisotopic (exact) mass is 409 g/mol. The number of nitrogens with zero attached hydrogens (tertiary/aromatic N) is 3. The van der Waals surface area contributed by atoms with Crippen LogP contribution in [0.5, 0.6) is 0 Å². The van der Waals surface area contributed by atoms with Gasteiger partial charge in [0.05, 0.1) is 17.2 Å². The maximum atomic E-state index is 13.4. The van der Waals surface area contributed by atoms with Crippen molar-refractivity contribution in [3.63, 3.8) is 0 Å². The number of fused-ring (bicyclic) bond motifs is 2. The third-order valence-electron chi connectivity index (χ3n) is 7.01. The molecule has 7 heteroatoms. The number of carbonyl (C=O) groups excluding carboxylic acids is 1. The number of anilines is 1. The van der Waals surface area contributed by atoms with Crippen LogP contribution in [0.4, 0.5) is 5.82 Å². The maximum absolute atomic E-state index is 13.4. The predicted molar refractivity (Wildman–Crippen MR) is 116 cm³/mol.